The fourth-order valence-electron chi connectivity index (χ4n) is 3.44. The van der Waals surface area contributed by atoms with Gasteiger partial charge in [-0.05, 0) is 65.0 Å². The highest BCUT2D eigenvalue weighted by Gasteiger charge is 2.37. The van der Waals surface area contributed by atoms with Gasteiger partial charge < -0.3 is 10.2 Å². The average Bonchev–Trinajstić information content (AvgIpc) is 2.36. The van der Waals surface area contributed by atoms with Gasteiger partial charge in [-0.15, -0.1) is 0 Å². The topological polar surface area (TPSA) is 49.4 Å². The minimum atomic E-state index is -3.00. The number of hydrogen-bond acceptors (Lipinski definition) is 4. The standard InChI is InChI=1S/C15H30N2O2S/c1-14(2,3)20(18,19)11-10-17-9-5-7-15(13-17)6-4-8-16-12-15/h16H,4-13H2,1-3H3. The molecule has 2 heterocycles. The fourth-order valence-corrected chi connectivity index (χ4v) is 4.55. The van der Waals surface area contributed by atoms with Gasteiger partial charge in [-0.3, -0.25) is 0 Å². The zero-order chi connectivity index (χ0) is 14.9. The summed E-state index contributed by atoms with van der Waals surface area (Å²) < 4.78 is 23.8. The van der Waals surface area contributed by atoms with Gasteiger partial charge in [-0.25, -0.2) is 8.42 Å². The quantitative estimate of drug-likeness (QED) is 0.861. The Morgan fingerprint density at radius 3 is 2.50 bits per heavy atom. The van der Waals surface area contributed by atoms with Gasteiger partial charge in [0.25, 0.3) is 0 Å². The van der Waals surface area contributed by atoms with Crippen LogP contribution in [0.25, 0.3) is 0 Å². The number of likely N-dealkylation sites (tertiary alicyclic amines) is 1. The van der Waals surface area contributed by atoms with Crippen molar-refractivity contribution in [1.82, 2.24) is 10.2 Å². The van der Waals surface area contributed by atoms with Crippen molar-refractivity contribution < 1.29 is 8.42 Å². The number of rotatable bonds is 3. The first-order valence-corrected chi connectivity index (χ1v) is 9.55. The highest BCUT2D eigenvalue weighted by Crippen LogP contribution is 2.35. The molecule has 1 spiro atoms. The molecule has 0 aromatic heterocycles. The molecule has 2 fully saturated rings. The maximum Gasteiger partial charge on any atom is 0.156 e. The molecule has 5 heteroatoms. The Morgan fingerprint density at radius 1 is 1.20 bits per heavy atom. The average molecular weight is 302 g/mol. The van der Waals surface area contributed by atoms with E-state index < -0.39 is 14.6 Å². The van der Waals surface area contributed by atoms with Crippen LogP contribution >= 0.6 is 0 Å². The third kappa shape index (κ3) is 3.74. The van der Waals surface area contributed by atoms with Crippen LogP contribution in [0.4, 0.5) is 0 Å². The predicted octanol–water partition coefficient (Wildman–Crippen LogP) is 1.67. The second-order valence-corrected chi connectivity index (χ2v) is 10.5. The van der Waals surface area contributed by atoms with Crippen molar-refractivity contribution in [3.8, 4) is 0 Å². The van der Waals surface area contributed by atoms with Gasteiger partial charge in [0.15, 0.2) is 9.84 Å². The normalized spacial score (nSPS) is 29.8. The highest BCUT2D eigenvalue weighted by atomic mass is 32.2. The van der Waals surface area contributed by atoms with E-state index in [0.717, 1.165) is 26.2 Å². The van der Waals surface area contributed by atoms with E-state index in [-0.39, 0.29) is 0 Å². The maximum absolute atomic E-state index is 12.2. The van der Waals surface area contributed by atoms with Crippen molar-refractivity contribution >= 4 is 9.84 Å². The van der Waals surface area contributed by atoms with Gasteiger partial charge in [0, 0.05) is 19.6 Å². The molecule has 118 valence electrons. The molecule has 1 atom stereocenters. The summed E-state index contributed by atoms with van der Waals surface area (Å²) >= 11 is 0. The molecule has 0 bridgehead atoms. The molecule has 0 radical (unpaired) electrons. The lowest BCUT2D eigenvalue weighted by Crippen LogP contribution is -2.52. The van der Waals surface area contributed by atoms with Crippen LogP contribution in [0.15, 0.2) is 0 Å². The molecule has 4 nitrogen and oxygen atoms in total. The Hall–Kier alpha value is -0.130. The summed E-state index contributed by atoms with van der Waals surface area (Å²) in [7, 11) is -3.00. The number of piperidine rings is 2. The molecule has 0 aliphatic carbocycles. The number of hydrogen-bond donors (Lipinski definition) is 1. The first-order chi connectivity index (χ1) is 9.24. The van der Waals surface area contributed by atoms with Crippen LogP contribution in [0.5, 0.6) is 0 Å². The molecule has 0 saturated carbocycles. The Kier molecular flexibility index (Phi) is 4.82. The highest BCUT2D eigenvalue weighted by molar-refractivity contribution is 7.92. The van der Waals surface area contributed by atoms with Crippen LogP contribution < -0.4 is 5.32 Å². The molecule has 2 saturated heterocycles. The SMILES string of the molecule is CC(C)(C)S(=O)(=O)CCN1CCCC2(CCCNC2)C1. The monoisotopic (exact) mass is 302 g/mol. The molecule has 1 unspecified atom stereocenters. The maximum atomic E-state index is 12.2. The molecule has 2 aliphatic heterocycles. The Labute approximate surface area is 124 Å². The van der Waals surface area contributed by atoms with Gasteiger partial charge in [0.2, 0.25) is 0 Å². The van der Waals surface area contributed by atoms with Crippen LogP contribution in [0.1, 0.15) is 46.5 Å². The van der Waals surface area contributed by atoms with Crippen LogP contribution in [-0.4, -0.2) is 56.5 Å². The third-order valence-corrected chi connectivity index (χ3v) is 7.50. The van der Waals surface area contributed by atoms with Gasteiger partial charge in [-0.2, -0.15) is 0 Å². The van der Waals surface area contributed by atoms with Crippen molar-refractivity contribution in [2.24, 2.45) is 5.41 Å². The number of nitrogens with zero attached hydrogens (tertiary/aromatic N) is 1. The molecular formula is C15H30N2O2S. The molecule has 0 amide bonds. The summed E-state index contributed by atoms with van der Waals surface area (Å²) in [5.41, 5.74) is 0.405. The number of nitrogens with one attached hydrogen (secondary N) is 1. The van der Waals surface area contributed by atoms with E-state index in [0.29, 0.717) is 17.7 Å². The van der Waals surface area contributed by atoms with Crippen LogP contribution in [-0.2, 0) is 9.84 Å². The van der Waals surface area contributed by atoms with E-state index >= 15 is 0 Å². The van der Waals surface area contributed by atoms with E-state index in [9.17, 15) is 8.42 Å². The van der Waals surface area contributed by atoms with Crippen molar-refractivity contribution in [3.63, 3.8) is 0 Å². The molecule has 2 aliphatic rings. The first-order valence-electron chi connectivity index (χ1n) is 7.90. The van der Waals surface area contributed by atoms with E-state index in [1.54, 1.807) is 20.8 Å². The molecule has 1 N–H and O–H groups in total. The predicted molar refractivity (Wildman–Crippen MR) is 83.8 cm³/mol. The lowest BCUT2D eigenvalue weighted by Gasteiger charge is -2.45. The Morgan fingerprint density at radius 2 is 1.90 bits per heavy atom. The summed E-state index contributed by atoms with van der Waals surface area (Å²) in [4.78, 5) is 2.37. The molecule has 2 rings (SSSR count). The molecule has 0 aromatic rings. The van der Waals surface area contributed by atoms with Crippen molar-refractivity contribution in [3.05, 3.63) is 0 Å². The zero-order valence-electron chi connectivity index (χ0n) is 13.2. The zero-order valence-corrected chi connectivity index (χ0v) is 14.1. The van der Waals surface area contributed by atoms with E-state index in [2.05, 4.69) is 10.2 Å². The van der Waals surface area contributed by atoms with Gasteiger partial charge in [0.1, 0.15) is 0 Å². The summed E-state index contributed by atoms with van der Waals surface area (Å²) in [5, 5.41) is 3.52. The Bertz CT molecular complexity index is 414. The summed E-state index contributed by atoms with van der Waals surface area (Å²) in [5.74, 6) is 0.292. The smallest absolute Gasteiger partial charge is 0.156 e. The van der Waals surface area contributed by atoms with Crippen LogP contribution in [0.3, 0.4) is 0 Å². The third-order valence-electron chi connectivity index (χ3n) is 4.91. The minimum Gasteiger partial charge on any atom is -0.316 e. The first kappa shape index (κ1) is 16.2. The molecule has 0 aromatic carbocycles. The van der Waals surface area contributed by atoms with E-state index in [1.807, 2.05) is 0 Å². The second-order valence-electron chi connectivity index (χ2n) is 7.59. The van der Waals surface area contributed by atoms with Crippen molar-refractivity contribution in [2.75, 3.05) is 38.5 Å². The lowest BCUT2D eigenvalue weighted by atomic mass is 9.74. The van der Waals surface area contributed by atoms with Crippen LogP contribution in [0, 0.1) is 5.41 Å². The second kappa shape index (κ2) is 5.93. The van der Waals surface area contributed by atoms with E-state index in [4.69, 9.17) is 0 Å². The molecular weight excluding hydrogens is 272 g/mol. The van der Waals surface area contributed by atoms with Gasteiger partial charge >= 0.3 is 0 Å². The van der Waals surface area contributed by atoms with Crippen molar-refractivity contribution in [1.29, 1.82) is 0 Å². The fraction of sp³-hybridized carbons (Fsp3) is 1.00. The lowest BCUT2D eigenvalue weighted by molar-refractivity contribution is 0.0685. The van der Waals surface area contributed by atoms with E-state index in [1.165, 1.54) is 25.7 Å². The van der Waals surface area contributed by atoms with Crippen LogP contribution in [0.2, 0.25) is 0 Å². The van der Waals surface area contributed by atoms with Gasteiger partial charge in [0.05, 0.1) is 10.5 Å². The largest absolute Gasteiger partial charge is 0.316 e. The van der Waals surface area contributed by atoms with Crippen molar-refractivity contribution in [2.45, 2.75) is 51.2 Å². The molecule has 20 heavy (non-hydrogen) atoms. The summed E-state index contributed by atoms with van der Waals surface area (Å²) in [6, 6.07) is 0. The Balaban J connectivity index is 1.90. The minimum absolute atomic E-state index is 0.292. The summed E-state index contributed by atoms with van der Waals surface area (Å²) in [6.45, 7) is 10.5. The van der Waals surface area contributed by atoms with Gasteiger partial charge in [-0.1, -0.05) is 0 Å². The summed E-state index contributed by atoms with van der Waals surface area (Å²) in [6.07, 6.45) is 5.05. The number of sulfone groups is 1.